The summed E-state index contributed by atoms with van der Waals surface area (Å²) in [7, 11) is -3.67. The number of hydrogen-bond donors (Lipinski definition) is 2. The summed E-state index contributed by atoms with van der Waals surface area (Å²) < 4.78 is 25.9. The molecule has 108 valence electrons. The second kappa shape index (κ2) is 8.16. The van der Waals surface area contributed by atoms with Gasteiger partial charge in [0.1, 0.15) is 0 Å². The molecule has 0 aliphatic carbocycles. The Bertz CT molecular complexity index is 539. The predicted molar refractivity (Wildman–Crippen MR) is 74.7 cm³/mol. The Kier molecular flexibility index (Phi) is 6.51. The highest BCUT2D eigenvalue weighted by atomic mass is 32.2. The standard InChI is InChI=1S/C12H11NO2.CH4O3S/c1-3-7-11(8-4-1)14-13-15-12-9-5-2-6-10-12;1-5(2,3)4/h1-10,13H;1H3,(H,2,3,4). The van der Waals surface area contributed by atoms with Crippen LogP contribution in [0.1, 0.15) is 0 Å². The summed E-state index contributed by atoms with van der Waals surface area (Å²) in [5.74, 6) is 1.40. The van der Waals surface area contributed by atoms with E-state index in [2.05, 4.69) is 5.64 Å². The molecule has 0 saturated carbocycles. The first kappa shape index (κ1) is 16.0. The number of nitrogens with one attached hydrogen (secondary N) is 1. The minimum Gasteiger partial charge on any atom is -0.374 e. The first-order chi connectivity index (χ1) is 9.45. The van der Waals surface area contributed by atoms with Crippen molar-refractivity contribution in [2.24, 2.45) is 0 Å². The van der Waals surface area contributed by atoms with E-state index >= 15 is 0 Å². The van der Waals surface area contributed by atoms with Crippen LogP contribution < -0.4 is 15.3 Å². The van der Waals surface area contributed by atoms with Crippen molar-refractivity contribution in [1.29, 1.82) is 0 Å². The van der Waals surface area contributed by atoms with Crippen molar-refractivity contribution in [2.45, 2.75) is 0 Å². The Morgan fingerprint density at radius 3 is 1.45 bits per heavy atom. The van der Waals surface area contributed by atoms with Gasteiger partial charge in [0.25, 0.3) is 10.1 Å². The average molecular weight is 297 g/mol. The van der Waals surface area contributed by atoms with Gasteiger partial charge in [-0.2, -0.15) is 8.42 Å². The maximum atomic E-state index is 9.19. The fraction of sp³-hybridized carbons (Fsp3) is 0.0769. The second-order valence-electron chi connectivity index (χ2n) is 3.65. The molecular formula is C13H15NO5S. The van der Waals surface area contributed by atoms with Gasteiger partial charge in [0.15, 0.2) is 11.5 Å². The van der Waals surface area contributed by atoms with E-state index in [-0.39, 0.29) is 0 Å². The largest absolute Gasteiger partial charge is 0.374 e. The minimum atomic E-state index is -3.67. The van der Waals surface area contributed by atoms with E-state index < -0.39 is 10.1 Å². The van der Waals surface area contributed by atoms with Gasteiger partial charge in [0.2, 0.25) is 0 Å². The van der Waals surface area contributed by atoms with E-state index in [1.807, 2.05) is 60.7 Å². The average Bonchev–Trinajstić information content (AvgIpc) is 2.39. The van der Waals surface area contributed by atoms with Crippen LogP contribution in [-0.4, -0.2) is 19.2 Å². The molecule has 0 fully saturated rings. The van der Waals surface area contributed by atoms with Crippen LogP contribution in [-0.2, 0) is 10.1 Å². The third-order valence-electron chi connectivity index (χ3n) is 1.81. The number of benzene rings is 2. The van der Waals surface area contributed by atoms with Crippen molar-refractivity contribution in [3.8, 4) is 11.5 Å². The Labute approximate surface area is 117 Å². The summed E-state index contributed by atoms with van der Waals surface area (Å²) in [5, 5.41) is 0. The molecule has 7 heteroatoms. The lowest BCUT2D eigenvalue weighted by Crippen LogP contribution is -2.22. The zero-order chi connectivity index (χ0) is 14.8. The molecule has 0 radical (unpaired) electrons. The molecule has 2 aromatic carbocycles. The van der Waals surface area contributed by atoms with Gasteiger partial charge in [-0.15, -0.1) is 0 Å². The Morgan fingerprint density at radius 2 is 1.15 bits per heavy atom. The Hall–Kier alpha value is -2.09. The molecule has 0 amide bonds. The highest BCUT2D eigenvalue weighted by molar-refractivity contribution is 7.85. The molecule has 0 aromatic heterocycles. The van der Waals surface area contributed by atoms with Crippen LogP contribution in [0.3, 0.4) is 0 Å². The molecule has 0 saturated heterocycles. The highest BCUT2D eigenvalue weighted by Crippen LogP contribution is 2.09. The molecule has 0 aliphatic rings. The molecule has 20 heavy (non-hydrogen) atoms. The predicted octanol–water partition coefficient (Wildman–Crippen LogP) is 2.07. The number of rotatable bonds is 4. The first-order valence-electron chi connectivity index (χ1n) is 5.56. The highest BCUT2D eigenvalue weighted by Gasteiger charge is 1.92. The zero-order valence-electron chi connectivity index (χ0n) is 10.8. The quantitative estimate of drug-likeness (QED) is 0.664. The SMILES string of the molecule is CS(=O)(=O)O.c1ccc(ONOc2ccccc2)cc1. The topological polar surface area (TPSA) is 84.9 Å². The van der Waals surface area contributed by atoms with E-state index in [1.165, 1.54) is 0 Å². The second-order valence-corrected chi connectivity index (χ2v) is 5.11. The lowest BCUT2D eigenvalue weighted by atomic mass is 10.3. The zero-order valence-corrected chi connectivity index (χ0v) is 11.6. The van der Waals surface area contributed by atoms with Crippen LogP contribution in [0.25, 0.3) is 0 Å². The van der Waals surface area contributed by atoms with Gasteiger partial charge in [-0.05, 0) is 24.3 Å². The third kappa shape index (κ3) is 8.92. The van der Waals surface area contributed by atoms with Crippen molar-refractivity contribution < 1.29 is 22.6 Å². The summed E-state index contributed by atoms with van der Waals surface area (Å²) in [6.07, 6.45) is 0.715. The summed E-state index contributed by atoms with van der Waals surface area (Å²) in [6.45, 7) is 0. The van der Waals surface area contributed by atoms with E-state index in [4.69, 9.17) is 14.2 Å². The maximum absolute atomic E-state index is 9.19. The minimum absolute atomic E-state index is 0.702. The van der Waals surface area contributed by atoms with Crippen molar-refractivity contribution >= 4 is 10.1 Å². The van der Waals surface area contributed by atoms with E-state index in [9.17, 15) is 8.42 Å². The van der Waals surface area contributed by atoms with Gasteiger partial charge in [-0.1, -0.05) is 36.4 Å². The van der Waals surface area contributed by atoms with E-state index in [0.29, 0.717) is 17.8 Å². The van der Waals surface area contributed by atoms with Crippen LogP contribution in [0.4, 0.5) is 0 Å². The molecule has 0 unspecified atom stereocenters. The normalized spacial score (nSPS) is 10.1. The Morgan fingerprint density at radius 1 is 0.850 bits per heavy atom. The fourth-order valence-corrected chi connectivity index (χ4v) is 1.09. The number of para-hydroxylation sites is 2. The summed E-state index contributed by atoms with van der Waals surface area (Å²) in [5.41, 5.74) is 2.42. The molecule has 0 atom stereocenters. The molecule has 2 aromatic rings. The van der Waals surface area contributed by atoms with Crippen LogP contribution >= 0.6 is 0 Å². The molecule has 0 heterocycles. The van der Waals surface area contributed by atoms with Crippen LogP contribution in [0.2, 0.25) is 0 Å². The van der Waals surface area contributed by atoms with Gasteiger partial charge in [0.05, 0.1) is 6.26 Å². The molecule has 0 spiro atoms. The lowest BCUT2D eigenvalue weighted by molar-refractivity contribution is -0.0191. The number of hydrogen-bond acceptors (Lipinski definition) is 5. The smallest absolute Gasteiger partial charge is 0.261 e. The third-order valence-corrected chi connectivity index (χ3v) is 1.81. The van der Waals surface area contributed by atoms with Crippen molar-refractivity contribution in [2.75, 3.05) is 6.26 Å². The summed E-state index contributed by atoms with van der Waals surface area (Å²) >= 11 is 0. The molecule has 6 nitrogen and oxygen atoms in total. The molecule has 0 bridgehead atoms. The van der Waals surface area contributed by atoms with Gasteiger partial charge in [-0.25, -0.2) is 0 Å². The maximum Gasteiger partial charge on any atom is 0.261 e. The van der Waals surface area contributed by atoms with Crippen molar-refractivity contribution in [3.05, 3.63) is 60.7 Å². The summed E-state index contributed by atoms with van der Waals surface area (Å²) in [4.78, 5) is 10.3. The first-order valence-corrected chi connectivity index (χ1v) is 7.41. The van der Waals surface area contributed by atoms with Crippen LogP contribution in [0.5, 0.6) is 11.5 Å². The van der Waals surface area contributed by atoms with Crippen LogP contribution in [0.15, 0.2) is 60.7 Å². The van der Waals surface area contributed by atoms with Crippen LogP contribution in [0, 0.1) is 0 Å². The van der Waals surface area contributed by atoms with Gasteiger partial charge >= 0.3 is 0 Å². The van der Waals surface area contributed by atoms with Crippen molar-refractivity contribution in [3.63, 3.8) is 0 Å². The fourth-order valence-electron chi connectivity index (χ4n) is 1.09. The lowest BCUT2D eigenvalue weighted by Gasteiger charge is -2.07. The van der Waals surface area contributed by atoms with E-state index in [0.717, 1.165) is 0 Å². The van der Waals surface area contributed by atoms with Gasteiger partial charge in [0, 0.05) is 5.64 Å². The van der Waals surface area contributed by atoms with Gasteiger partial charge in [-0.3, -0.25) is 4.55 Å². The monoisotopic (exact) mass is 297 g/mol. The molecule has 0 aliphatic heterocycles. The molecule has 2 N–H and O–H groups in total. The van der Waals surface area contributed by atoms with E-state index in [1.54, 1.807) is 0 Å². The van der Waals surface area contributed by atoms with Gasteiger partial charge < -0.3 is 9.68 Å². The summed E-state index contributed by atoms with van der Waals surface area (Å²) in [6, 6.07) is 18.7. The molecule has 2 rings (SSSR count). The Balaban J connectivity index is 0.000000347. The van der Waals surface area contributed by atoms with Crippen molar-refractivity contribution in [1.82, 2.24) is 5.64 Å². The molecular weight excluding hydrogens is 282 g/mol.